The molecule has 1 amide bonds. The van der Waals surface area contributed by atoms with E-state index in [1.807, 2.05) is 11.9 Å². The molecule has 0 bridgehead atoms. The van der Waals surface area contributed by atoms with Crippen LogP contribution in [0, 0.1) is 0 Å². The molecule has 2 rings (SSSR count). The van der Waals surface area contributed by atoms with E-state index in [1.165, 1.54) is 0 Å². The Morgan fingerprint density at radius 1 is 1.29 bits per heavy atom. The molecule has 0 saturated carbocycles. The van der Waals surface area contributed by atoms with E-state index in [1.54, 1.807) is 24.3 Å². The van der Waals surface area contributed by atoms with Crippen LogP contribution in [0.25, 0.3) is 0 Å². The van der Waals surface area contributed by atoms with Crippen molar-refractivity contribution in [3.8, 4) is 0 Å². The van der Waals surface area contributed by atoms with Crippen LogP contribution in [0.2, 0.25) is 5.02 Å². The highest BCUT2D eigenvalue weighted by atomic mass is 35.5. The van der Waals surface area contributed by atoms with Crippen LogP contribution in [0.5, 0.6) is 0 Å². The van der Waals surface area contributed by atoms with E-state index in [2.05, 4.69) is 5.32 Å². The molecule has 1 N–H and O–H groups in total. The molecule has 1 atom stereocenters. The number of likely N-dealkylation sites (tertiary alicyclic amines) is 1. The first kappa shape index (κ1) is 16.0. The second-order valence-corrected chi connectivity index (χ2v) is 5.81. The van der Waals surface area contributed by atoms with E-state index in [0.29, 0.717) is 10.6 Å². The van der Waals surface area contributed by atoms with Gasteiger partial charge in [-0.15, -0.1) is 0 Å². The zero-order chi connectivity index (χ0) is 15.2. The third-order valence-electron chi connectivity index (χ3n) is 3.87. The normalized spacial score (nSPS) is 18.0. The molecule has 21 heavy (non-hydrogen) atoms. The number of rotatable bonds is 6. The third kappa shape index (κ3) is 4.29. The summed E-state index contributed by atoms with van der Waals surface area (Å²) in [6.07, 6.45) is 2.62. The van der Waals surface area contributed by atoms with E-state index in [-0.39, 0.29) is 30.6 Å². The Morgan fingerprint density at radius 3 is 2.67 bits per heavy atom. The molecule has 0 spiro atoms. The molecule has 1 aliphatic rings. The minimum atomic E-state index is -0.00983. The number of carbonyl (C=O) groups excluding carboxylic acids is 2. The summed E-state index contributed by atoms with van der Waals surface area (Å²) in [5, 5.41) is 3.72. The molecule has 0 aliphatic carbocycles. The Bertz CT molecular complexity index is 502. The Labute approximate surface area is 130 Å². The minimum absolute atomic E-state index is 0.00983. The van der Waals surface area contributed by atoms with Crippen LogP contribution in [0.4, 0.5) is 0 Å². The van der Waals surface area contributed by atoms with Gasteiger partial charge in [-0.25, -0.2) is 0 Å². The van der Waals surface area contributed by atoms with Gasteiger partial charge in [0.25, 0.3) is 0 Å². The van der Waals surface area contributed by atoms with Crippen LogP contribution in [0.1, 0.15) is 36.0 Å². The number of amides is 1. The Hall–Kier alpha value is -1.39. The zero-order valence-corrected chi connectivity index (χ0v) is 13.0. The van der Waals surface area contributed by atoms with E-state index in [9.17, 15) is 9.59 Å². The average molecular weight is 309 g/mol. The first-order valence-corrected chi connectivity index (χ1v) is 7.72. The molecule has 1 heterocycles. The molecule has 0 aromatic heterocycles. The number of Topliss-reactive ketones (excluding diaryl/α,β-unsaturated/α-hetero) is 1. The van der Waals surface area contributed by atoms with Crippen molar-refractivity contribution in [3.05, 3.63) is 34.9 Å². The minimum Gasteiger partial charge on any atom is -0.338 e. The summed E-state index contributed by atoms with van der Waals surface area (Å²) < 4.78 is 0. The highest BCUT2D eigenvalue weighted by molar-refractivity contribution is 6.30. The topological polar surface area (TPSA) is 49.4 Å². The van der Waals surface area contributed by atoms with Crippen molar-refractivity contribution in [1.82, 2.24) is 10.2 Å². The summed E-state index contributed by atoms with van der Waals surface area (Å²) in [6.45, 7) is 1.62. The maximum atomic E-state index is 12.2. The van der Waals surface area contributed by atoms with Gasteiger partial charge in [0.15, 0.2) is 5.78 Å². The van der Waals surface area contributed by atoms with Crippen LogP contribution in [0.15, 0.2) is 24.3 Å². The molecule has 1 unspecified atom stereocenters. The summed E-state index contributed by atoms with van der Waals surface area (Å²) in [5.74, 6) is 0.0689. The standard InChI is InChI=1S/C16H21ClN2O2/c1-18-11-14-3-2-10-19(14)16(21)9-8-15(20)12-4-6-13(17)7-5-12/h4-7,14,18H,2-3,8-11H2,1H3. The van der Waals surface area contributed by atoms with E-state index < -0.39 is 0 Å². The quantitative estimate of drug-likeness (QED) is 0.822. The van der Waals surface area contributed by atoms with Gasteiger partial charge in [-0.05, 0) is 44.2 Å². The van der Waals surface area contributed by atoms with Crippen LogP contribution in [-0.2, 0) is 4.79 Å². The number of likely N-dealkylation sites (N-methyl/N-ethyl adjacent to an activating group) is 1. The number of ketones is 1. The first-order valence-electron chi connectivity index (χ1n) is 7.34. The van der Waals surface area contributed by atoms with Crippen molar-refractivity contribution >= 4 is 23.3 Å². The monoisotopic (exact) mass is 308 g/mol. The third-order valence-corrected chi connectivity index (χ3v) is 4.12. The molecule has 1 aromatic carbocycles. The summed E-state index contributed by atoms with van der Waals surface area (Å²) in [4.78, 5) is 26.2. The fourth-order valence-corrected chi connectivity index (χ4v) is 2.88. The molecule has 114 valence electrons. The highest BCUT2D eigenvalue weighted by Gasteiger charge is 2.27. The Balaban J connectivity index is 1.86. The fourth-order valence-electron chi connectivity index (χ4n) is 2.76. The molecule has 0 radical (unpaired) electrons. The Morgan fingerprint density at radius 2 is 2.00 bits per heavy atom. The smallest absolute Gasteiger partial charge is 0.223 e. The van der Waals surface area contributed by atoms with Gasteiger partial charge in [-0.2, -0.15) is 0 Å². The predicted octanol–water partition coefficient (Wildman–Crippen LogP) is 2.51. The number of hydrogen-bond acceptors (Lipinski definition) is 3. The van der Waals surface area contributed by atoms with Crippen molar-refractivity contribution in [2.24, 2.45) is 0 Å². The van der Waals surface area contributed by atoms with Gasteiger partial charge in [-0.1, -0.05) is 11.6 Å². The number of nitrogens with one attached hydrogen (secondary N) is 1. The molecular formula is C16H21ClN2O2. The fraction of sp³-hybridized carbons (Fsp3) is 0.500. The number of carbonyl (C=O) groups is 2. The number of halogens is 1. The predicted molar refractivity (Wildman–Crippen MR) is 83.7 cm³/mol. The van der Waals surface area contributed by atoms with Crippen LogP contribution in [-0.4, -0.2) is 42.8 Å². The van der Waals surface area contributed by atoms with Crippen molar-refractivity contribution in [1.29, 1.82) is 0 Å². The number of nitrogens with zero attached hydrogens (tertiary/aromatic N) is 1. The van der Waals surface area contributed by atoms with Crippen molar-refractivity contribution in [2.75, 3.05) is 20.1 Å². The van der Waals surface area contributed by atoms with Gasteiger partial charge in [0, 0.05) is 42.6 Å². The lowest BCUT2D eigenvalue weighted by atomic mass is 10.1. The van der Waals surface area contributed by atoms with Crippen LogP contribution < -0.4 is 5.32 Å². The average Bonchev–Trinajstić information content (AvgIpc) is 2.94. The van der Waals surface area contributed by atoms with Gasteiger partial charge in [0.1, 0.15) is 0 Å². The Kier molecular flexibility index (Phi) is 5.76. The highest BCUT2D eigenvalue weighted by Crippen LogP contribution is 2.19. The zero-order valence-electron chi connectivity index (χ0n) is 12.3. The summed E-state index contributed by atoms with van der Waals surface area (Å²) >= 11 is 5.80. The lowest BCUT2D eigenvalue weighted by molar-refractivity contribution is -0.131. The summed E-state index contributed by atoms with van der Waals surface area (Å²) in [5.41, 5.74) is 0.611. The van der Waals surface area contributed by atoms with Crippen molar-refractivity contribution in [3.63, 3.8) is 0 Å². The molecule has 1 aromatic rings. The van der Waals surface area contributed by atoms with Gasteiger partial charge >= 0.3 is 0 Å². The van der Waals surface area contributed by atoms with Crippen molar-refractivity contribution < 1.29 is 9.59 Å². The molecule has 1 saturated heterocycles. The molecule has 1 fully saturated rings. The number of hydrogen-bond donors (Lipinski definition) is 1. The summed E-state index contributed by atoms with van der Waals surface area (Å²) in [7, 11) is 1.89. The maximum Gasteiger partial charge on any atom is 0.223 e. The second kappa shape index (κ2) is 7.57. The van der Waals surface area contributed by atoms with E-state index in [4.69, 9.17) is 11.6 Å². The van der Waals surface area contributed by atoms with Gasteiger partial charge < -0.3 is 10.2 Å². The molecular weight excluding hydrogens is 288 g/mol. The van der Waals surface area contributed by atoms with Gasteiger partial charge in [0.05, 0.1) is 0 Å². The lowest BCUT2D eigenvalue weighted by Crippen LogP contribution is -2.40. The van der Waals surface area contributed by atoms with E-state index >= 15 is 0 Å². The van der Waals surface area contributed by atoms with Gasteiger partial charge in [0.2, 0.25) is 5.91 Å². The molecule has 5 heteroatoms. The van der Waals surface area contributed by atoms with Crippen LogP contribution >= 0.6 is 11.6 Å². The SMILES string of the molecule is CNCC1CCCN1C(=O)CCC(=O)c1ccc(Cl)cc1. The largest absolute Gasteiger partial charge is 0.338 e. The second-order valence-electron chi connectivity index (χ2n) is 5.37. The first-order chi connectivity index (χ1) is 10.1. The van der Waals surface area contributed by atoms with Gasteiger partial charge in [-0.3, -0.25) is 9.59 Å². The van der Waals surface area contributed by atoms with Crippen LogP contribution in [0.3, 0.4) is 0 Å². The number of benzene rings is 1. The van der Waals surface area contributed by atoms with Crippen molar-refractivity contribution in [2.45, 2.75) is 31.7 Å². The molecule has 1 aliphatic heterocycles. The van der Waals surface area contributed by atoms with E-state index in [0.717, 1.165) is 25.9 Å². The summed E-state index contributed by atoms with van der Waals surface area (Å²) in [6, 6.07) is 7.07. The maximum absolute atomic E-state index is 12.2. The molecule has 4 nitrogen and oxygen atoms in total. The lowest BCUT2D eigenvalue weighted by Gasteiger charge is -2.24.